The van der Waals surface area contributed by atoms with Gasteiger partial charge in [0.1, 0.15) is 0 Å². The highest BCUT2D eigenvalue weighted by Gasteiger charge is 2.24. The van der Waals surface area contributed by atoms with Gasteiger partial charge in [0.25, 0.3) is 5.91 Å². The van der Waals surface area contributed by atoms with E-state index in [0.717, 1.165) is 61.8 Å². The molecule has 3 rings (SSSR count). The highest BCUT2D eigenvalue weighted by molar-refractivity contribution is 7.99. The summed E-state index contributed by atoms with van der Waals surface area (Å²) in [6, 6.07) is 5.59. The van der Waals surface area contributed by atoms with E-state index in [9.17, 15) is 9.59 Å². The number of carbonyl (C=O) groups is 2. The summed E-state index contributed by atoms with van der Waals surface area (Å²) in [5, 5.41) is 6.29. The first kappa shape index (κ1) is 17.3. The number of thioether (sulfide) groups is 1. The van der Waals surface area contributed by atoms with Crippen molar-refractivity contribution in [2.75, 3.05) is 43.0 Å². The Morgan fingerprint density at radius 3 is 2.79 bits per heavy atom. The second kappa shape index (κ2) is 8.03. The Labute approximate surface area is 147 Å². The molecule has 24 heavy (non-hydrogen) atoms. The van der Waals surface area contributed by atoms with Crippen molar-refractivity contribution in [2.24, 2.45) is 5.92 Å². The van der Waals surface area contributed by atoms with Crippen molar-refractivity contribution in [3.63, 3.8) is 0 Å². The molecule has 0 radical (unpaired) electrons. The minimum atomic E-state index is 0.0108. The molecule has 6 heteroatoms. The van der Waals surface area contributed by atoms with Gasteiger partial charge in [0.15, 0.2) is 0 Å². The molecule has 2 aliphatic heterocycles. The van der Waals surface area contributed by atoms with Gasteiger partial charge in [0.05, 0.1) is 5.92 Å². The van der Waals surface area contributed by atoms with Crippen molar-refractivity contribution in [1.29, 1.82) is 0 Å². The van der Waals surface area contributed by atoms with E-state index >= 15 is 0 Å². The van der Waals surface area contributed by atoms with Gasteiger partial charge >= 0.3 is 0 Å². The van der Waals surface area contributed by atoms with E-state index in [0.29, 0.717) is 5.56 Å². The summed E-state index contributed by atoms with van der Waals surface area (Å²) < 4.78 is 0. The molecular weight excluding hydrogens is 322 g/mol. The van der Waals surface area contributed by atoms with Crippen LogP contribution < -0.4 is 10.6 Å². The molecule has 1 aromatic rings. The highest BCUT2D eigenvalue weighted by Crippen LogP contribution is 2.23. The first-order valence-corrected chi connectivity index (χ1v) is 9.80. The molecule has 2 amide bonds. The molecule has 1 aromatic carbocycles. The molecule has 0 spiro atoms. The fourth-order valence-corrected chi connectivity index (χ4v) is 4.15. The smallest absolute Gasteiger partial charge is 0.254 e. The number of rotatable bonds is 3. The molecule has 2 saturated heterocycles. The molecule has 0 aromatic heterocycles. The first-order valence-electron chi connectivity index (χ1n) is 8.65. The third-order valence-electron chi connectivity index (χ3n) is 4.79. The number of anilines is 1. The van der Waals surface area contributed by atoms with Crippen LogP contribution in [0.3, 0.4) is 0 Å². The topological polar surface area (TPSA) is 61.4 Å². The third kappa shape index (κ3) is 3.92. The minimum absolute atomic E-state index is 0.0108. The Morgan fingerprint density at radius 1 is 1.29 bits per heavy atom. The van der Waals surface area contributed by atoms with Gasteiger partial charge in [0.2, 0.25) is 5.91 Å². The summed E-state index contributed by atoms with van der Waals surface area (Å²) >= 11 is 1.89. The van der Waals surface area contributed by atoms with Gasteiger partial charge in [-0.2, -0.15) is 11.8 Å². The van der Waals surface area contributed by atoms with Gasteiger partial charge in [-0.15, -0.1) is 0 Å². The Hall–Kier alpha value is -1.53. The van der Waals surface area contributed by atoms with Crippen molar-refractivity contribution in [3.8, 4) is 0 Å². The lowest BCUT2D eigenvalue weighted by Crippen LogP contribution is -2.38. The minimum Gasteiger partial charge on any atom is -0.337 e. The van der Waals surface area contributed by atoms with Crippen LogP contribution in [0.15, 0.2) is 18.2 Å². The molecule has 0 bridgehead atoms. The van der Waals surface area contributed by atoms with Gasteiger partial charge < -0.3 is 15.5 Å². The fraction of sp³-hybridized carbons (Fsp3) is 0.556. The van der Waals surface area contributed by atoms with E-state index < -0.39 is 0 Å². The van der Waals surface area contributed by atoms with Gasteiger partial charge in [-0.05, 0) is 44.0 Å². The van der Waals surface area contributed by atoms with Crippen LogP contribution in [0.2, 0.25) is 0 Å². The summed E-state index contributed by atoms with van der Waals surface area (Å²) in [6.07, 6.45) is 1.95. The standard InChI is InChI=1S/C18H25N3O2S/c1-13-15(18(23)21-8-10-24-11-9-21)5-2-6-16(13)20-17(22)14-4-3-7-19-12-14/h2,5-6,14,19H,3-4,7-12H2,1H3,(H,20,22). The number of hydrogen-bond donors (Lipinski definition) is 2. The van der Waals surface area contributed by atoms with Crippen LogP contribution in [0, 0.1) is 12.8 Å². The molecular formula is C18H25N3O2S. The van der Waals surface area contributed by atoms with Crippen LogP contribution in [0.1, 0.15) is 28.8 Å². The van der Waals surface area contributed by atoms with Crippen LogP contribution in [-0.4, -0.2) is 54.4 Å². The summed E-state index contributed by atoms with van der Waals surface area (Å²) in [6.45, 7) is 5.23. The molecule has 0 saturated carbocycles. The van der Waals surface area contributed by atoms with Crippen LogP contribution in [0.4, 0.5) is 5.69 Å². The lowest BCUT2D eigenvalue weighted by atomic mass is 9.98. The Balaban J connectivity index is 1.72. The first-order chi connectivity index (χ1) is 11.7. The quantitative estimate of drug-likeness (QED) is 0.879. The van der Waals surface area contributed by atoms with Crippen molar-refractivity contribution in [3.05, 3.63) is 29.3 Å². The molecule has 2 aliphatic rings. The van der Waals surface area contributed by atoms with Crippen LogP contribution >= 0.6 is 11.8 Å². The lowest BCUT2D eigenvalue weighted by molar-refractivity contribution is -0.120. The summed E-state index contributed by atoms with van der Waals surface area (Å²) in [5.41, 5.74) is 2.31. The van der Waals surface area contributed by atoms with Gasteiger partial charge in [-0.3, -0.25) is 9.59 Å². The van der Waals surface area contributed by atoms with Gasteiger partial charge in [-0.1, -0.05) is 6.07 Å². The number of carbonyl (C=O) groups excluding carboxylic acids is 2. The van der Waals surface area contributed by atoms with Crippen LogP contribution in [0.5, 0.6) is 0 Å². The van der Waals surface area contributed by atoms with Crippen molar-refractivity contribution in [2.45, 2.75) is 19.8 Å². The lowest BCUT2D eigenvalue weighted by Gasteiger charge is -2.27. The maximum atomic E-state index is 12.8. The zero-order valence-electron chi connectivity index (χ0n) is 14.1. The van der Waals surface area contributed by atoms with Crippen LogP contribution in [0.25, 0.3) is 0 Å². The van der Waals surface area contributed by atoms with E-state index in [-0.39, 0.29) is 17.7 Å². The van der Waals surface area contributed by atoms with Crippen molar-refractivity contribution in [1.82, 2.24) is 10.2 Å². The molecule has 1 atom stereocenters. The Bertz CT molecular complexity index is 608. The number of nitrogens with zero attached hydrogens (tertiary/aromatic N) is 1. The average Bonchev–Trinajstić information content (AvgIpc) is 2.64. The maximum absolute atomic E-state index is 12.8. The third-order valence-corrected chi connectivity index (χ3v) is 5.73. The van der Waals surface area contributed by atoms with E-state index in [4.69, 9.17) is 0 Å². The number of piperidine rings is 1. The Kier molecular flexibility index (Phi) is 5.79. The summed E-state index contributed by atoms with van der Waals surface area (Å²) in [7, 11) is 0. The second-order valence-corrected chi connectivity index (χ2v) is 7.64. The molecule has 0 aliphatic carbocycles. The van der Waals surface area contributed by atoms with E-state index in [1.807, 2.05) is 41.8 Å². The van der Waals surface area contributed by atoms with Gasteiger partial charge in [0, 0.05) is 42.4 Å². The zero-order valence-corrected chi connectivity index (χ0v) is 15.0. The molecule has 5 nitrogen and oxygen atoms in total. The molecule has 130 valence electrons. The number of amides is 2. The highest BCUT2D eigenvalue weighted by atomic mass is 32.2. The average molecular weight is 347 g/mol. The van der Waals surface area contributed by atoms with Gasteiger partial charge in [-0.25, -0.2) is 0 Å². The zero-order chi connectivity index (χ0) is 16.9. The monoisotopic (exact) mass is 347 g/mol. The second-order valence-electron chi connectivity index (χ2n) is 6.42. The number of benzene rings is 1. The fourth-order valence-electron chi connectivity index (χ4n) is 3.25. The molecule has 2 heterocycles. The van der Waals surface area contributed by atoms with Crippen molar-refractivity contribution < 1.29 is 9.59 Å². The van der Waals surface area contributed by atoms with E-state index in [2.05, 4.69) is 10.6 Å². The van der Waals surface area contributed by atoms with E-state index in [1.165, 1.54) is 0 Å². The predicted molar refractivity (Wildman–Crippen MR) is 98.6 cm³/mol. The van der Waals surface area contributed by atoms with E-state index in [1.54, 1.807) is 0 Å². The van der Waals surface area contributed by atoms with Crippen LogP contribution in [-0.2, 0) is 4.79 Å². The maximum Gasteiger partial charge on any atom is 0.254 e. The summed E-state index contributed by atoms with van der Waals surface area (Å²) in [4.78, 5) is 27.1. The normalized spacial score (nSPS) is 21.4. The predicted octanol–water partition coefficient (Wildman–Crippen LogP) is 2.12. The SMILES string of the molecule is Cc1c(NC(=O)C2CCCNC2)cccc1C(=O)N1CCSCC1. The molecule has 2 fully saturated rings. The largest absolute Gasteiger partial charge is 0.337 e. The Morgan fingerprint density at radius 2 is 2.08 bits per heavy atom. The number of hydrogen-bond acceptors (Lipinski definition) is 4. The molecule has 2 N–H and O–H groups in total. The summed E-state index contributed by atoms with van der Waals surface area (Å²) in [5.74, 6) is 2.12. The van der Waals surface area contributed by atoms with Crippen molar-refractivity contribution >= 4 is 29.3 Å². The molecule has 1 unspecified atom stereocenters. The number of nitrogens with one attached hydrogen (secondary N) is 2.